The summed E-state index contributed by atoms with van der Waals surface area (Å²) in [5.74, 6) is 2.45. The van der Waals surface area contributed by atoms with Crippen molar-refractivity contribution < 1.29 is 19.9 Å². The van der Waals surface area contributed by atoms with Crippen molar-refractivity contribution in [3.05, 3.63) is 29.1 Å². The number of pyridine rings is 1. The van der Waals surface area contributed by atoms with Gasteiger partial charge in [0.2, 0.25) is 17.9 Å². The minimum Gasteiger partial charge on any atom is -0.392 e. The first-order valence-corrected chi connectivity index (χ1v) is 4.57. The quantitative estimate of drug-likeness (QED) is 0.443. The van der Waals surface area contributed by atoms with E-state index in [1.807, 2.05) is 0 Å². The second-order valence-corrected chi connectivity index (χ2v) is 3.11. The average Bonchev–Trinajstić information content (AvgIpc) is 2.29. The lowest BCUT2D eigenvalue weighted by Gasteiger charge is -2.05. The van der Waals surface area contributed by atoms with Crippen LogP contribution < -0.4 is 4.57 Å². The Morgan fingerprint density at radius 3 is 1.93 bits per heavy atom. The smallest absolute Gasteiger partial charge is 0.209 e. The van der Waals surface area contributed by atoms with Crippen LogP contribution in [0.3, 0.4) is 0 Å². The van der Waals surface area contributed by atoms with Crippen LogP contribution in [0.2, 0.25) is 0 Å². The van der Waals surface area contributed by atoms with E-state index in [4.69, 9.17) is 21.7 Å². The Kier molecular flexibility index (Phi) is 4.25. The number of hydrogen-bond donors (Lipinski definition) is 3. The molecule has 15 heavy (non-hydrogen) atoms. The molecule has 1 heterocycles. The van der Waals surface area contributed by atoms with Gasteiger partial charge in [-0.3, -0.25) is 0 Å². The molecule has 0 radical (unpaired) electrons. The molecule has 4 heteroatoms. The van der Waals surface area contributed by atoms with Crippen LogP contribution in [-0.2, 0) is 26.4 Å². The van der Waals surface area contributed by atoms with Crippen LogP contribution in [0.5, 0.6) is 0 Å². The highest BCUT2D eigenvalue weighted by Gasteiger charge is 2.16. The molecule has 0 fully saturated rings. The van der Waals surface area contributed by atoms with Crippen LogP contribution in [0, 0.1) is 12.3 Å². The molecule has 0 bridgehead atoms. The molecule has 1 aromatic heterocycles. The minimum absolute atomic E-state index is 0.128. The summed E-state index contributed by atoms with van der Waals surface area (Å²) in [5.41, 5.74) is 1.82. The van der Waals surface area contributed by atoms with Gasteiger partial charge in [0.1, 0.15) is 13.2 Å². The molecule has 0 aliphatic heterocycles. The van der Waals surface area contributed by atoms with Gasteiger partial charge in [-0.1, -0.05) is 0 Å². The zero-order valence-corrected chi connectivity index (χ0v) is 8.35. The largest absolute Gasteiger partial charge is 0.392 e. The van der Waals surface area contributed by atoms with Crippen molar-refractivity contribution in [3.8, 4) is 12.3 Å². The second-order valence-electron chi connectivity index (χ2n) is 3.11. The lowest BCUT2D eigenvalue weighted by atomic mass is 10.2. The molecule has 0 unspecified atom stereocenters. The Bertz CT molecular complexity index is 357. The molecule has 0 aliphatic rings. The predicted octanol–water partition coefficient (Wildman–Crippen LogP) is -0.916. The second kappa shape index (κ2) is 5.47. The molecule has 0 amide bonds. The van der Waals surface area contributed by atoms with E-state index < -0.39 is 0 Å². The molecule has 4 nitrogen and oxygen atoms in total. The van der Waals surface area contributed by atoms with Gasteiger partial charge in [-0.15, -0.1) is 6.42 Å². The van der Waals surface area contributed by atoms with Gasteiger partial charge in [0.25, 0.3) is 0 Å². The molecule has 0 saturated carbocycles. The van der Waals surface area contributed by atoms with Crippen molar-refractivity contribution in [2.75, 3.05) is 0 Å². The minimum atomic E-state index is -0.178. The monoisotopic (exact) mass is 208 g/mol. The summed E-state index contributed by atoms with van der Waals surface area (Å²) >= 11 is 0. The number of aliphatic hydroxyl groups is 3. The van der Waals surface area contributed by atoms with Crippen molar-refractivity contribution in [1.29, 1.82) is 0 Å². The van der Waals surface area contributed by atoms with E-state index in [-0.39, 0.29) is 26.4 Å². The van der Waals surface area contributed by atoms with Crippen LogP contribution >= 0.6 is 0 Å². The Labute approximate surface area is 88.4 Å². The summed E-state index contributed by atoms with van der Waals surface area (Å²) in [4.78, 5) is 0. The number of hydrogen-bond acceptors (Lipinski definition) is 3. The van der Waals surface area contributed by atoms with E-state index in [0.29, 0.717) is 17.0 Å². The first-order chi connectivity index (χ1) is 7.26. The fourth-order valence-corrected chi connectivity index (χ4v) is 1.46. The Hall–Kier alpha value is -1.41. The number of nitrogens with zero attached hydrogens (tertiary/aromatic N) is 1. The molecular formula is C11H14NO3+. The summed E-state index contributed by atoms with van der Waals surface area (Å²) in [6, 6.07) is 3.33. The standard InChI is InChI=1S/C11H14NO3/c1-2-3-12-10(7-14)4-9(6-13)5-11(12)8-15/h1,4-5,13-15H,3,6-8H2/q+1. The highest BCUT2D eigenvalue weighted by molar-refractivity contribution is 5.15. The van der Waals surface area contributed by atoms with E-state index in [0.717, 1.165) is 0 Å². The highest BCUT2D eigenvalue weighted by atomic mass is 16.3. The fourth-order valence-electron chi connectivity index (χ4n) is 1.46. The highest BCUT2D eigenvalue weighted by Crippen LogP contribution is 2.05. The maximum Gasteiger partial charge on any atom is 0.209 e. The predicted molar refractivity (Wildman–Crippen MR) is 53.2 cm³/mol. The SMILES string of the molecule is C#CC[n+]1c(CO)cc(CO)cc1CO. The van der Waals surface area contributed by atoms with Gasteiger partial charge >= 0.3 is 0 Å². The van der Waals surface area contributed by atoms with Gasteiger partial charge in [-0.25, -0.2) is 0 Å². The Balaban J connectivity index is 3.27. The van der Waals surface area contributed by atoms with Gasteiger partial charge in [0.05, 0.1) is 6.61 Å². The van der Waals surface area contributed by atoms with Crippen LogP contribution in [-0.4, -0.2) is 15.3 Å². The maximum atomic E-state index is 9.13. The van der Waals surface area contributed by atoms with E-state index >= 15 is 0 Å². The molecule has 0 saturated heterocycles. The van der Waals surface area contributed by atoms with Crippen LogP contribution in [0.25, 0.3) is 0 Å². The lowest BCUT2D eigenvalue weighted by molar-refractivity contribution is -0.703. The van der Waals surface area contributed by atoms with E-state index in [1.165, 1.54) is 0 Å². The maximum absolute atomic E-state index is 9.13. The number of terminal acetylenes is 1. The van der Waals surface area contributed by atoms with Gasteiger partial charge in [-0.2, -0.15) is 4.57 Å². The molecule has 0 spiro atoms. The summed E-state index contributed by atoms with van der Waals surface area (Å²) < 4.78 is 1.65. The van der Waals surface area contributed by atoms with Gasteiger partial charge < -0.3 is 15.3 Å². The van der Waals surface area contributed by atoms with Crippen molar-refractivity contribution in [2.45, 2.75) is 26.4 Å². The third-order valence-electron chi connectivity index (χ3n) is 2.15. The zero-order valence-electron chi connectivity index (χ0n) is 8.35. The van der Waals surface area contributed by atoms with E-state index in [9.17, 15) is 0 Å². The molecule has 0 aromatic carbocycles. The zero-order chi connectivity index (χ0) is 11.3. The summed E-state index contributed by atoms with van der Waals surface area (Å²) in [6.45, 7) is -0.195. The third kappa shape index (κ3) is 2.54. The molecular weight excluding hydrogens is 194 g/mol. The van der Waals surface area contributed by atoms with E-state index in [1.54, 1.807) is 16.7 Å². The molecule has 3 N–H and O–H groups in total. The van der Waals surface area contributed by atoms with Crippen molar-refractivity contribution in [2.24, 2.45) is 0 Å². The van der Waals surface area contributed by atoms with Gasteiger partial charge in [-0.05, 0) is 11.5 Å². The topological polar surface area (TPSA) is 64.6 Å². The Morgan fingerprint density at radius 2 is 1.60 bits per heavy atom. The Morgan fingerprint density at radius 1 is 1.07 bits per heavy atom. The van der Waals surface area contributed by atoms with Crippen LogP contribution in [0.15, 0.2) is 12.1 Å². The van der Waals surface area contributed by atoms with Crippen LogP contribution in [0.1, 0.15) is 17.0 Å². The van der Waals surface area contributed by atoms with Crippen molar-refractivity contribution in [1.82, 2.24) is 0 Å². The van der Waals surface area contributed by atoms with Crippen LogP contribution in [0.4, 0.5) is 0 Å². The molecule has 1 aromatic rings. The number of rotatable bonds is 4. The molecule has 0 aliphatic carbocycles. The van der Waals surface area contributed by atoms with E-state index in [2.05, 4.69) is 5.92 Å². The third-order valence-corrected chi connectivity index (χ3v) is 2.15. The first kappa shape index (κ1) is 11.7. The van der Waals surface area contributed by atoms with Crippen molar-refractivity contribution >= 4 is 0 Å². The molecule has 1 rings (SSSR count). The molecule has 80 valence electrons. The number of aromatic nitrogens is 1. The normalized spacial score (nSPS) is 10.0. The van der Waals surface area contributed by atoms with Gasteiger partial charge in [0, 0.05) is 12.1 Å². The van der Waals surface area contributed by atoms with Crippen molar-refractivity contribution in [3.63, 3.8) is 0 Å². The number of aliphatic hydroxyl groups excluding tert-OH is 3. The fraction of sp³-hybridized carbons (Fsp3) is 0.364. The summed E-state index contributed by atoms with van der Waals surface area (Å²) in [6.07, 6.45) is 5.19. The first-order valence-electron chi connectivity index (χ1n) is 4.57. The summed E-state index contributed by atoms with van der Waals surface area (Å²) in [7, 11) is 0. The summed E-state index contributed by atoms with van der Waals surface area (Å²) in [5, 5.41) is 27.3. The van der Waals surface area contributed by atoms with Gasteiger partial charge in [0.15, 0.2) is 0 Å². The average molecular weight is 208 g/mol. The lowest BCUT2D eigenvalue weighted by Crippen LogP contribution is -2.42. The molecule has 0 atom stereocenters.